The Hall–Kier alpha value is -7.80. The first kappa shape index (κ1) is 50.6. The van der Waals surface area contributed by atoms with Gasteiger partial charge in [0.15, 0.2) is 82.2 Å². The van der Waals surface area contributed by atoms with Crippen molar-refractivity contribution in [1.29, 1.82) is 0 Å². The van der Waals surface area contributed by atoms with E-state index in [0.717, 1.165) is 11.1 Å². The van der Waals surface area contributed by atoms with Crippen molar-refractivity contribution in [2.45, 2.75) is 6.54 Å². The molecule has 69 heavy (non-hydrogen) atoms. The van der Waals surface area contributed by atoms with Gasteiger partial charge in [-0.3, -0.25) is 14.9 Å². The van der Waals surface area contributed by atoms with E-state index in [-0.39, 0.29) is 18.0 Å². The van der Waals surface area contributed by atoms with Gasteiger partial charge in [-0.15, -0.1) is 21.9 Å². The van der Waals surface area contributed by atoms with Crippen LogP contribution in [0.25, 0.3) is 11.1 Å². The zero-order chi connectivity index (χ0) is 51.3. The minimum atomic E-state index is -7.22. The Bertz CT molecular complexity index is 2870. The Morgan fingerprint density at radius 2 is 0.710 bits per heavy atom. The molecule has 0 saturated heterocycles. The lowest BCUT2D eigenvalue weighted by atomic mass is 9.12. The quantitative estimate of drug-likeness (QED) is 0.0212. The Labute approximate surface area is 370 Å². The van der Waals surface area contributed by atoms with Crippen LogP contribution in [-0.2, 0) is 6.54 Å². The smallest absolute Gasteiger partial charge is 0.270 e. The number of carbonyl (C=O) groups is 1. The third-order valence-corrected chi connectivity index (χ3v) is 10.4. The number of benzene rings is 6. The number of nitro benzene ring substituents is 1. The fraction of sp³-hybridized carbons (Fsp3) is 0.0233. The predicted molar refractivity (Wildman–Crippen MR) is 199 cm³/mol. The summed E-state index contributed by atoms with van der Waals surface area (Å²) < 4.78 is 296. The summed E-state index contributed by atoms with van der Waals surface area (Å²) >= 11 is 0. The maximum atomic E-state index is 15.4. The SMILES string of the molecule is Fc1c(F)c(F)c([B-](c2c(F)c(F)c(F)c(F)c2F)(c2c(F)c(F)c(F)c(F)c2F)c2c(F)c(F)c(F)c(F)c2F)c(F)c1F.O=C(C[n+]1ccc(-c2cccc([N+](=O)[O-])c2)cc1)c1ccccc1. The number of non-ortho nitro benzene ring substituents is 1. The van der Waals surface area contributed by atoms with E-state index in [1.165, 1.54) is 12.1 Å². The lowest BCUT2D eigenvalue weighted by molar-refractivity contribution is -0.683. The number of ketones is 1. The van der Waals surface area contributed by atoms with Crippen LogP contribution in [0.1, 0.15) is 10.4 Å². The van der Waals surface area contributed by atoms with Crippen molar-refractivity contribution < 1.29 is 102 Å². The van der Waals surface area contributed by atoms with Gasteiger partial charge in [0, 0.05) is 29.8 Å². The highest BCUT2D eigenvalue weighted by atomic mass is 19.2. The van der Waals surface area contributed by atoms with Crippen molar-refractivity contribution in [3.05, 3.63) is 211 Å². The van der Waals surface area contributed by atoms with Gasteiger partial charge in [-0.1, -0.05) is 42.5 Å². The molecule has 5 nitrogen and oxygen atoms in total. The Balaban J connectivity index is 0.000000273. The van der Waals surface area contributed by atoms with E-state index in [4.69, 9.17) is 0 Å². The third-order valence-electron chi connectivity index (χ3n) is 10.4. The number of carbonyl (C=O) groups excluding carboxylic acids is 1. The van der Waals surface area contributed by atoms with Gasteiger partial charge in [0.1, 0.15) is 52.7 Å². The van der Waals surface area contributed by atoms with Crippen LogP contribution < -0.4 is 26.4 Å². The molecule has 0 amide bonds. The summed E-state index contributed by atoms with van der Waals surface area (Å²) in [4.78, 5) is 22.6. The lowest BCUT2D eigenvalue weighted by Crippen LogP contribution is -2.81. The van der Waals surface area contributed by atoms with E-state index < -0.39 is 149 Å². The number of pyridine rings is 1. The molecule has 0 aliphatic carbocycles. The van der Waals surface area contributed by atoms with E-state index in [2.05, 4.69) is 0 Å². The second-order valence-corrected chi connectivity index (χ2v) is 14.2. The molecule has 0 spiro atoms. The van der Waals surface area contributed by atoms with Crippen LogP contribution in [0.4, 0.5) is 93.5 Å². The molecule has 358 valence electrons. The summed E-state index contributed by atoms with van der Waals surface area (Å²) in [5, 5.41) is 10.9. The second kappa shape index (κ2) is 19.1. The summed E-state index contributed by atoms with van der Waals surface area (Å²) in [7, 11) is 0. The summed E-state index contributed by atoms with van der Waals surface area (Å²) in [5.74, 6) is -71.4. The Kier molecular flexibility index (Phi) is 14.0. The lowest BCUT2D eigenvalue weighted by Gasteiger charge is -2.44. The zero-order valence-corrected chi connectivity index (χ0v) is 33.0. The van der Waals surface area contributed by atoms with Gasteiger partial charge in [-0.2, -0.15) is 4.57 Å². The van der Waals surface area contributed by atoms with Crippen LogP contribution in [0.15, 0.2) is 79.1 Å². The third kappa shape index (κ3) is 8.36. The van der Waals surface area contributed by atoms with Crippen LogP contribution >= 0.6 is 0 Å². The summed E-state index contributed by atoms with van der Waals surface area (Å²) in [6.07, 6.45) is -3.62. The topological polar surface area (TPSA) is 64.1 Å². The van der Waals surface area contributed by atoms with E-state index in [0.29, 0.717) is 5.56 Å². The van der Waals surface area contributed by atoms with Gasteiger partial charge in [-0.05, 0) is 11.1 Å². The first-order chi connectivity index (χ1) is 32.3. The molecule has 0 N–H and O–H groups in total. The van der Waals surface area contributed by atoms with Gasteiger partial charge >= 0.3 is 0 Å². The second-order valence-electron chi connectivity index (χ2n) is 14.2. The van der Waals surface area contributed by atoms with Crippen LogP contribution in [0, 0.1) is 126 Å². The van der Waals surface area contributed by atoms with Crippen molar-refractivity contribution in [3.63, 3.8) is 0 Å². The predicted octanol–water partition coefficient (Wildman–Crippen LogP) is 9.28. The maximum Gasteiger partial charge on any atom is 0.270 e. The number of nitro groups is 1. The summed E-state index contributed by atoms with van der Waals surface area (Å²) in [6.45, 7) is 0.249. The number of hydrogen-bond donors (Lipinski definition) is 0. The monoisotopic (exact) mass is 998 g/mol. The van der Waals surface area contributed by atoms with Gasteiger partial charge in [0.25, 0.3) is 5.69 Å². The van der Waals surface area contributed by atoms with E-state index in [1.54, 1.807) is 35.2 Å². The standard InChI is InChI=1S/C24BF20.C19H15N2O3/c26-5-1(6(27)14(35)21(42)13(5)34)25(2-7(28)15(36)22(43)16(37)8(2)29,3-9(30)17(38)23(44)18(39)10(3)31)4-11(32)19(40)24(45)20(41)12(4)33;22-19(16-5-2-1-3-6-16)14-20-11-9-15(10-12-20)17-7-4-8-18(13-17)21(23)24/h;1-13H,14H2/q-1;+1. The van der Waals surface area contributed by atoms with E-state index in [9.17, 15) is 67.6 Å². The van der Waals surface area contributed by atoms with Crippen molar-refractivity contribution in [1.82, 2.24) is 0 Å². The highest BCUT2D eigenvalue weighted by Gasteiger charge is 2.52. The molecule has 0 radical (unpaired) electrons. The maximum absolute atomic E-state index is 15.4. The van der Waals surface area contributed by atoms with Crippen molar-refractivity contribution in [2.24, 2.45) is 0 Å². The van der Waals surface area contributed by atoms with Crippen molar-refractivity contribution in [2.75, 3.05) is 0 Å². The largest absolute Gasteiger partial charge is 0.287 e. The first-order valence-corrected chi connectivity index (χ1v) is 18.4. The Morgan fingerprint density at radius 1 is 0.406 bits per heavy atom. The van der Waals surface area contributed by atoms with Crippen LogP contribution in [0.3, 0.4) is 0 Å². The average Bonchev–Trinajstić information content (AvgIpc) is 3.34. The molecule has 0 atom stereocenters. The molecular weight excluding hydrogens is 983 g/mol. The minimum absolute atomic E-state index is 0.0312. The molecule has 7 aromatic rings. The van der Waals surface area contributed by atoms with E-state index >= 15 is 35.1 Å². The van der Waals surface area contributed by atoms with Gasteiger partial charge < -0.3 is 0 Å². The molecule has 0 aliphatic rings. The first-order valence-electron chi connectivity index (χ1n) is 18.4. The molecule has 0 unspecified atom stereocenters. The molecule has 0 fully saturated rings. The summed E-state index contributed by atoms with van der Waals surface area (Å²) in [5.41, 5.74) is -12.0. The number of hydrogen-bond acceptors (Lipinski definition) is 3. The molecule has 26 heteroatoms. The fourth-order valence-electron chi connectivity index (χ4n) is 7.31. The highest BCUT2D eigenvalue weighted by molar-refractivity contribution is 7.20. The number of rotatable bonds is 9. The Morgan fingerprint density at radius 3 is 1.01 bits per heavy atom. The van der Waals surface area contributed by atoms with E-state index in [1.807, 2.05) is 36.4 Å². The van der Waals surface area contributed by atoms with Crippen LogP contribution in [-0.4, -0.2) is 16.9 Å². The van der Waals surface area contributed by atoms with Crippen molar-refractivity contribution >= 4 is 39.5 Å². The fourth-order valence-corrected chi connectivity index (χ4v) is 7.31. The molecule has 0 aliphatic heterocycles. The number of aromatic nitrogens is 1. The van der Waals surface area contributed by atoms with Crippen LogP contribution in [0.2, 0.25) is 0 Å². The molecule has 0 saturated carbocycles. The normalized spacial score (nSPS) is 11.4. The van der Waals surface area contributed by atoms with Crippen LogP contribution in [0.5, 0.6) is 0 Å². The zero-order valence-electron chi connectivity index (χ0n) is 33.0. The molecular formula is C43H15BF20N2O3. The average molecular weight is 998 g/mol. The molecule has 7 rings (SSSR count). The van der Waals surface area contributed by atoms with Gasteiger partial charge in [0.05, 0.1) is 4.92 Å². The number of halogens is 20. The number of nitrogens with zero attached hydrogens (tertiary/aromatic N) is 2. The molecule has 6 aromatic carbocycles. The summed E-state index contributed by atoms with van der Waals surface area (Å²) in [6, 6.07) is 19.3. The van der Waals surface area contributed by atoms with Gasteiger partial charge in [0.2, 0.25) is 12.3 Å². The number of Topliss-reactive ketones (excluding diaryl/α,β-unsaturated/α-hetero) is 1. The highest BCUT2D eigenvalue weighted by Crippen LogP contribution is 2.31. The van der Waals surface area contributed by atoms with Crippen molar-refractivity contribution in [3.8, 4) is 11.1 Å². The molecule has 1 aromatic heterocycles. The molecule has 1 heterocycles. The minimum Gasteiger partial charge on any atom is -0.287 e. The molecule has 0 bridgehead atoms. The van der Waals surface area contributed by atoms with Gasteiger partial charge in [-0.25, -0.2) is 87.8 Å².